The molecule has 2 aromatic heterocycles. The number of hydrogen-bond acceptors (Lipinski definition) is 9. The van der Waals surface area contributed by atoms with Crippen LogP contribution in [0.3, 0.4) is 0 Å². The average Bonchev–Trinajstić information content (AvgIpc) is 3.19. The molecule has 2 fully saturated rings. The summed E-state index contributed by atoms with van der Waals surface area (Å²) in [5.41, 5.74) is 7.40. The van der Waals surface area contributed by atoms with Crippen molar-refractivity contribution in [3.8, 4) is 6.07 Å². The van der Waals surface area contributed by atoms with E-state index in [9.17, 15) is 18.5 Å². The maximum absolute atomic E-state index is 11.8. The number of carbonyl (C=O) groups is 1. The third kappa shape index (κ3) is 5.23. The lowest BCUT2D eigenvalue weighted by Crippen LogP contribution is -2.43. The van der Waals surface area contributed by atoms with Crippen LogP contribution in [0.5, 0.6) is 0 Å². The van der Waals surface area contributed by atoms with E-state index in [0.29, 0.717) is 72.8 Å². The molecule has 1 aromatic carbocycles. The Balaban J connectivity index is 1.49. The van der Waals surface area contributed by atoms with E-state index in [1.54, 1.807) is 6.20 Å². The van der Waals surface area contributed by atoms with Crippen LogP contribution in [-0.4, -0.2) is 51.4 Å². The highest BCUT2D eigenvalue weighted by Gasteiger charge is 2.37. The summed E-state index contributed by atoms with van der Waals surface area (Å²) in [4.78, 5) is 25.6. The van der Waals surface area contributed by atoms with Gasteiger partial charge in [0.15, 0.2) is 5.65 Å². The third-order valence-electron chi connectivity index (χ3n) is 7.34. The number of halogens is 2. The number of nitrogens with one attached hydrogen (secondary N) is 2. The zero-order valence-corrected chi connectivity index (χ0v) is 22.8. The predicted molar refractivity (Wildman–Crippen MR) is 145 cm³/mol. The van der Waals surface area contributed by atoms with Gasteiger partial charge >= 0.3 is 0 Å². The number of carbonyl (C=O) groups excluding carboxylic acids is 1. The molecule has 0 unspecified atom stereocenters. The van der Waals surface area contributed by atoms with Crippen LogP contribution >= 0.6 is 23.2 Å². The number of primary amides is 1. The second kappa shape index (κ2) is 10.2. The summed E-state index contributed by atoms with van der Waals surface area (Å²) in [7, 11) is -3.07. The first kappa shape index (κ1) is 26.5. The maximum Gasteiger partial charge on any atom is 0.224 e. The van der Waals surface area contributed by atoms with E-state index in [0.717, 1.165) is 0 Å². The lowest BCUT2D eigenvalue weighted by Gasteiger charge is -2.34. The molecule has 200 valence electrons. The summed E-state index contributed by atoms with van der Waals surface area (Å²) >= 11 is 12.9. The zero-order chi connectivity index (χ0) is 27.2. The molecule has 3 aromatic rings. The lowest BCUT2D eigenvalue weighted by molar-refractivity contribution is -0.122. The average molecular weight is 577 g/mol. The van der Waals surface area contributed by atoms with Gasteiger partial charge in [-0.15, -0.1) is 0 Å². The minimum absolute atomic E-state index is 0.0323. The number of amides is 1. The summed E-state index contributed by atoms with van der Waals surface area (Å²) in [5.74, 6) is 0.355. The van der Waals surface area contributed by atoms with Gasteiger partial charge in [-0.1, -0.05) is 23.2 Å². The number of nitrogens with zero attached hydrogens (tertiary/aromatic N) is 5. The molecular weight excluding hydrogens is 551 g/mol. The van der Waals surface area contributed by atoms with E-state index in [-0.39, 0.29) is 39.2 Å². The van der Waals surface area contributed by atoms with Gasteiger partial charge in [-0.25, -0.2) is 18.4 Å². The molecule has 0 atom stereocenters. The summed E-state index contributed by atoms with van der Waals surface area (Å²) in [6.45, 7) is 0. The Hall–Kier alpha value is -3.14. The standard InChI is InChI=1S/C24H26Cl2N8O3S/c1-38(36,37)16-8-14(9-16)30-23-29-11-19-22(33-23)34(15-4-2-13(3-5-15)21(28)35)24(31-19)32-20-17(25)6-12(10-27)7-18(20)26/h6-7,11,13-16H,2-5,8-9H2,1H3,(H2,28,35)(H,31,32)(H,29,30,33)/t13-,14?,15-,16?. The fourth-order valence-corrected chi connectivity index (χ4v) is 6.84. The Morgan fingerprint density at radius 2 is 1.82 bits per heavy atom. The highest BCUT2D eigenvalue weighted by molar-refractivity contribution is 7.91. The van der Waals surface area contributed by atoms with Gasteiger partial charge < -0.3 is 16.4 Å². The first-order chi connectivity index (χ1) is 18.0. The number of nitrogens with two attached hydrogens (primary N) is 1. The molecule has 0 saturated heterocycles. The van der Waals surface area contributed by atoms with Crippen LogP contribution in [0, 0.1) is 17.2 Å². The van der Waals surface area contributed by atoms with Gasteiger partial charge in [-0.05, 0) is 50.7 Å². The fourth-order valence-electron chi connectivity index (χ4n) is 5.10. The quantitative estimate of drug-likeness (QED) is 0.376. The van der Waals surface area contributed by atoms with Gasteiger partial charge in [0.25, 0.3) is 0 Å². The first-order valence-corrected chi connectivity index (χ1v) is 14.9. The van der Waals surface area contributed by atoms with E-state index in [1.807, 2.05) is 10.6 Å². The molecule has 14 heteroatoms. The summed E-state index contributed by atoms with van der Waals surface area (Å²) in [6.07, 6.45) is 6.52. The molecule has 0 radical (unpaired) electrons. The molecule has 2 saturated carbocycles. The Labute approximate surface area is 229 Å². The van der Waals surface area contributed by atoms with Crippen LogP contribution < -0.4 is 16.4 Å². The van der Waals surface area contributed by atoms with Crippen molar-refractivity contribution in [3.63, 3.8) is 0 Å². The molecule has 4 N–H and O–H groups in total. The molecule has 2 heterocycles. The number of aromatic nitrogens is 4. The van der Waals surface area contributed by atoms with Gasteiger partial charge in [0.05, 0.1) is 38.8 Å². The lowest BCUT2D eigenvalue weighted by atomic mass is 9.85. The topological polar surface area (TPSA) is 169 Å². The van der Waals surface area contributed by atoms with Crippen molar-refractivity contribution in [2.75, 3.05) is 16.9 Å². The van der Waals surface area contributed by atoms with Gasteiger partial charge in [-0.2, -0.15) is 10.2 Å². The molecule has 2 aliphatic rings. The second-order valence-electron chi connectivity index (χ2n) is 9.93. The molecule has 0 aliphatic heterocycles. The Morgan fingerprint density at radius 3 is 2.39 bits per heavy atom. The van der Waals surface area contributed by atoms with Crippen molar-refractivity contribution in [1.29, 1.82) is 5.26 Å². The fraction of sp³-hybridized carbons (Fsp3) is 0.458. The normalized spacial score (nSPS) is 23.4. The monoisotopic (exact) mass is 576 g/mol. The first-order valence-electron chi connectivity index (χ1n) is 12.2. The number of sulfone groups is 1. The SMILES string of the molecule is CS(=O)(=O)C1CC(Nc2ncc3nc(Nc4c(Cl)cc(C#N)cc4Cl)n([C@H]4CC[C@H](C(N)=O)CC4)c3n2)C1. The number of rotatable bonds is 7. The second-order valence-corrected chi connectivity index (χ2v) is 13.1. The van der Waals surface area contributed by atoms with Gasteiger partial charge in [0.1, 0.15) is 15.4 Å². The number of imidazole rings is 1. The van der Waals surface area contributed by atoms with Gasteiger partial charge in [0, 0.05) is 24.3 Å². The van der Waals surface area contributed by atoms with Crippen molar-refractivity contribution in [1.82, 2.24) is 19.5 Å². The van der Waals surface area contributed by atoms with Crippen molar-refractivity contribution in [2.45, 2.75) is 55.9 Å². The number of hydrogen-bond donors (Lipinski definition) is 3. The molecule has 1 amide bonds. The number of anilines is 3. The van der Waals surface area contributed by atoms with Crippen LogP contribution in [0.1, 0.15) is 50.1 Å². The number of nitriles is 1. The van der Waals surface area contributed by atoms with E-state index in [4.69, 9.17) is 38.9 Å². The van der Waals surface area contributed by atoms with E-state index < -0.39 is 9.84 Å². The predicted octanol–water partition coefficient (Wildman–Crippen LogP) is 3.95. The van der Waals surface area contributed by atoms with Crippen molar-refractivity contribution in [3.05, 3.63) is 33.9 Å². The Bertz CT molecular complexity index is 1530. The van der Waals surface area contributed by atoms with Crippen LogP contribution in [0.2, 0.25) is 10.0 Å². The summed E-state index contributed by atoms with van der Waals surface area (Å²) in [6, 6.07) is 4.99. The summed E-state index contributed by atoms with van der Waals surface area (Å²) < 4.78 is 25.5. The number of benzene rings is 1. The van der Waals surface area contributed by atoms with E-state index in [2.05, 4.69) is 15.6 Å². The Morgan fingerprint density at radius 1 is 1.16 bits per heavy atom. The van der Waals surface area contributed by atoms with Gasteiger partial charge in [-0.3, -0.25) is 9.36 Å². The molecule has 38 heavy (non-hydrogen) atoms. The smallest absolute Gasteiger partial charge is 0.224 e. The van der Waals surface area contributed by atoms with Crippen molar-refractivity contribution < 1.29 is 13.2 Å². The zero-order valence-electron chi connectivity index (χ0n) is 20.5. The minimum Gasteiger partial charge on any atom is -0.369 e. The Kier molecular flexibility index (Phi) is 7.11. The van der Waals surface area contributed by atoms with E-state index in [1.165, 1.54) is 18.4 Å². The molecule has 2 aliphatic carbocycles. The maximum atomic E-state index is 11.8. The van der Waals surface area contributed by atoms with Crippen LogP contribution in [-0.2, 0) is 14.6 Å². The molecule has 5 rings (SSSR count). The van der Waals surface area contributed by atoms with Crippen LogP contribution in [0.4, 0.5) is 17.6 Å². The number of fused-ring (bicyclic) bond motifs is 1. The largest absolute Gasteiger partial charge is 0.369 e. The third-order valence-corrected chi connectivity index (χ3v) is 9.53. The van der Waals surface area contributed by atoms with Crippen molar-refractivity contribution in [2.24, 2.45) is 11.7 Å². The molecule has 11 nitrogen and oxygen atoms in total. The van der Waals surface area contributed by atoms with Gasteiger partial charge in [0.2, 0.25) is 17.8 Å². The summed E-state index contributed by atoms with van der Waals surface area (Å²) in [5, 5.41) is 15.8. The molecular formula is C24H26Cl2N8O3S. The van der Waals surface area contributed by atoms with E-state index >= 15 is 0 Å². The van der Waals surface area contributed by atoms with Crippen LogP contribution in [0.25, 0.3) is 11.2 Å². The van der Waals surface area contributed by atoms with Crippen LogP contribution in [0.15, 0.2) is 18.3 Å². The highest BCUT2D eigenvalue weighted by atomic mass is 35.5. The van der Waals surface area contributed by atoms with Crippen molar-refractivity contribution >= 4 is 67.7 Å². The molecule has 0 spiro atoms. The molecule has 0 bridgehead atoms. The minimum atomic E-state index is -3.07. The highest BCUT2D eigenvalue weighted by Crippen LogP contribution is 2.39.